The van der Waals surface area contributed by atoms with Gasteiger partial charge in [-0.25, -0.2) is 4.79 Å². The molecule has 4 heteroatoms. The first-order chi connectivity index (χ1) is 8.63. The average molecular weight is 266 g/mol. The van der Waals surface area contributed by atoms with Gasteiger partial charge in [-0.1, -0.05) is 17.2 Å². The second kappa shape index (κ2) is 5.91. The third kappa shape index (κ3) is 3.77. The van der Waals surface area contributed by atoms with Crippen LogP contribution >= 0.6 is 11.6 Å². The molecule has 1 aromatic carbocycles. The summed E-state index contributed by atoms with van der Waals surface area (Å²) in [4.78, 5) is 10.6. The van der Waals surface area contributed by atoms with Gasteiger partial charge >= 0.3 is 5.97 Å². The predicted octanol–water partition coefficient (Wildman–Crippen LogP) is 3.71. The largest absolute Gasteiger partial charge is 0.478 e. The zero-order chi connectivity index (χ0) is 13.0. The highest BCUT2D eigenvalue weighted by Gasteiger charge is 2.16. The van der Waals surface area contributed by atoms with Crippen LogP contribution in [0.1, 0.15) is 25.7 Å². The molecule has 2 N–H and O–H groups in total. The number of nitrogens with one attached hydrogen (secondary N) is 1. The van der Waals surface area contributed by atoms with Gasteiger partial charge in [0.15, 0.2) is 0 Å². The molecule has 0 saturated heterocycles. The Kier molecular flexibility index (Phi) is 4.26. The predicted molar refractivity (Wildman–Crippen MR) is 73.0 cm³/mol. The van der Waals surface area contributed by atoms with Crippen LogP contribution in [-0.2, 0) is 4.79 Å². The number of carbonyl (C=O) groups is 1. The molecule has 0 spiro atoms. The lowest BCUT2D eigenvalue weighted by Gasteiger charge is -2.25. The molecule has 0 bridgehead atoms. The summed E-state index contributed by atoms with van der Waals surface area (Å²) in [5.74, 6) is -0.839. The number of anilines is 1. The highest BCUT2D eigenvalue weighted by Crippen LogP contribution is 2.26. The second-order valence-corrected chi connectivity index (χ2v) is 5.00. The zero-order valence-electron chi connectivity index (χ0n) is 10.0. The molecular formula is C14H16ClNO2. The van der Waals surface area contributed by atoms with E-state index < -0.39 is 5.97 Å². The van der Waals surface area contributed by atoms with Crippen molar-refractivity contribution in [3.05, 3.63) is 40.9 Å². The van der Waals surface area contributed by atoms with E-state index in [1.807, 2.05) is 24.3 Å². The first-order valence-electron chi connectivity index (χ1n) is 6.08. The smallest absolute Gasteiger partial charge is 0.328 e. The van der Waals surface area contributed by atoms with Crippen molar-refractivity contribution in [3.63, 3.8) is 0 Å². The Labute approximate surface area is 111 Å². The molecule has 18 heavy (non-hydrogen) atoms. The molecule has 0 amide bonds. The number of hydrogen-bond acceptors (Lipinski definition) is 2. The quantitative estimate of drug-likeness (QED) is 0.819. The summed E-state index contributed by atoms with van der Waals surface area (Å²) in [6.45, 7) is 0. The van der Waals surface area contributed by atoms with Gasteiger partial charge in [0.2, 0.25) is 0 Å². The van der Waals surface area contributed by atoms with Crippen LogP contribution in [0.4, 0.5) is 5.69 Å². The van der Waals surface area contributed by atoms with Crippen LogP contribution in [-0.4, -0.2) is 17.1 Å². The molecule has 1 aliphatic rings. The number of rotatable bonds is 3. The molecule has 0 heterocycles. The fraction of sp³-hybridized carbons (Fsp3) is 0.357. The van der Waals surface area contributed by atoms with E-state index in [1.54, 1.807) is 0 Å². The van der Waals surface area contributed by atoms with Gasteiger partial charge in [-0.2, -0.15) is 0 Å². The number of halogens is 1. The summed E-state index contributed by atoms with van der Waals surface area (Å²) in [6, 6.07) is 8.07. The molecule has 0 radical (unpaired) electrons. The van der Waals surface area contributed by atoms with Gasteiger partial charge in [0.25, 0.3) is 0 Å². The van der Waals surface area contributed by atoms with Crippen molar-refractivity contribution in [3.8, 4) is 0 Å². The van der Waals surface area contributed by atoms with E-state index in [0.717, 1.165) is 42.0 Å². The van der Waals surface area contributed by atoms with Crippen molar-refractivity contribution in [2.45, 2.75) is 31.7 Å². The molecule has 0 aliphatic heterocycles. The highest BCUT2D eigenvalue weighted by atomic mass is 35.5. The summed E-state index contributed by atoms with van der Waals surface area (Å²) in [5, 5.41) is 12.9. The van der Waals surface area contributed by atoms with Crippen LogP contribution in [0.3, 0.4) is 0 Å². The van der Waals surface area contributed by atoms with Gasteiger partial charge in [0.1, 0.15) is 0 Å². The Bertz CT molecular complexity index is 443. The van der Waals surface area contributed by atoms with Crippen molar-refractivity contribution in [2.24, 2.45) is 0 Å². The third-order valence-electron chi connectivity index (χ3n) is 3.17. The first kappa shape index (κ1) is 13.0. The fourth-order valence-electron chi connectivity index (χ4n) is 2.23. The molecule has 0 aromatic heterocycles. The van der Waals surface area contributed by atoms with Gasteiger partial charge in [0.05, 0.1) is 0 Å². The summed E-state index contributed by atoms with van der Waals surface area (Å²) >= 11 is 5.83. The summed E-state index contributed by atoms with van der Waals surface area (Å²) in [5.41, 5.74) is 2.10. The van der Waals surface area contributed by atoms with Crippen molar-refractivity contribution in [1.82, 2.24) is 0 Å². The number of carboxylic acids is 1. The van der Waals surface area contributed by atoms with Crippen LogP contribution in [0.5, 0.6) is 0 Å². The Morgan fingerprint density at radius 2 is 1.89 bits per heavy atom. The van der Waals surface area contributed by atoms with E-state index in [9.17, 15) is 4.79 Å². The van der Waals surface area contributed by atoms with Crippen molar-refractivity contribution in [1.29, 1.82) is 0 Å². The van der Waals surface area contributed by atoms with Crippen LogP contribution in [0.2, 0.25) is 5.02 Å². The Morgan fingerprint density at radius 3 is 2.44 bits per heavy atom. The lowest BCUT2D eigenvalue weighted by atomic mass is 9.90. The van der Waals surface area contributed by atoms with Crippen molar-refractivity contribution < 1.29 is 9.90 Å². The SMILES string of the molecule is O=C(O)C=C1CCC(Nc2ccc(Cl)cc2)CC1. The molecule has 3 nitrogen and oxygen atoms in total. The lowest BCUT2D eigenvalue weighted by molar-refractivity contribution is -0.131. The average Bonchev–Trinajstić information content (AvgIpc) is 2.34. The first-order valence-corrected chi connectivity index (χ1v) is 6.46. The van der Waals surface area contributed by atoms with Gasteiger partial charge in [0, 0.05) is 22.8 Å². The van der Waals surface area contributed by atoms with E-state index in [0.29, 0.717) is 6.04 Å². The van der Waals surface area contributed by atoms with Crippen molar-refractivity contribution in [2.75, 3.05) is 5.32 Å². The van der Waals surface area contributed by atoms with Gasteiger partial charge in [-0.05, 0) is 49.9 Å². The molecule has 2 rings (SSSR count). The van der Waals surface area contributed by atoms with Crippen LogP contribution in [0.25, 0.3) is 0 Å². The Morgan fingerprint density at radius 1 is 1.28 bits per heavy atom. The molecule has 1 saturated carbocycles. The summed E-state index contributed by atoms with van der Waals surface area (Å²) in [7, 11) is 0. The van der Waals surface area contributed by atoms with E-state index in [1.165, 1.54) is 6.08 Å². The van der Waals surface area contributed by atoms with E-state index in [2.05, 4.69) is 5.32 Å². The number of allylic oxidation sites excluding steroid dienone is 1. The van der Waals surface area contributed by atoms with Crippen LogP contribution < -0.4 is 5.32 Å². The third-order valence-corrected chi connectivity index (χ3v) is 3.42. The van der Waals surface area contributed by atoms with E-state index in [4.69, 9.17) is 16.7 Å². The van der Waals surface area contributed by atoms with Gasteiger partial charge in [-0.3, -0.25) is 0 Å². The monoisotopic (exact) mass is 265 g/mol. The van der Waals surface area contributed by atoms with E-state index in [-0.39, 0.29) is 0 Å². The number of aliphatic carboxylic acids is 1. The molecule has 96 valence electrons. The van der Waals surface area contributed by atoms with Gasteiger partial charge in [-0.15, -0.1) is 0 Å². The number of benzene rings is 1. The summed E-state index contributed by atoms with van der Waals surface area (Å²) < 4.78 is 0. The molecule has 0 atom stereocenters. The minimum absolute atomic E-state index is 0.414. The number of hydrogen-bond donors (Lipinski definition) is 2. The van der Waals surface area contributed by atoms with Crippen LogP contribution in [0, 0.1) is 0 Å². The number of carboxylic acid groups (broad SMARTS) is 1. The molecule has 1 aromatic rings. The van der Waals surface area contributed by atoms with E-state index >= 15 is 0 Å². The zero-order valence-corrected chi connectivity index (χ0v) is 10.8. The molecule has 1 aliphatic carbocycles. The standard InChI is InChI=1S/C14H16ClNO2/c15-11-3-7-13(8-4-11)16-12-5-1-10(2-6-12)9-14(17)18/h3-4,7-9,12,16H,1-2,5-6H2,(H,17,18). The van der Waals surface area contributed by atoms with Gasteiger partial charge < -0.3 is 10.4 Å². The topological polar surface area (TPSA) is 49.3 Å². The Hall–Kier alpha value is -1.48. The highest BCUT2D eigenvalue weighted by molar-refractivity contribution is 6.30. The fourth-order valence-corrected chi connectivity index (χ4v) is 2.36. The van der Waals surface area contributed by atoms with Crippen molar-refractivity contribution >= 4 is 23.3 Å². The maximum atomic E-state index is 10.6. The summed E-state index contributed by atoms with van der Waals surface area (Å²) in [6.07, 6.45) is 5.01. The minimum Gasteiger partial charge on any atom is -0.478 e. The molecular weight excluding hydrogens is 250 g/mol. The second-order valence-electron chi connectivity index (χ2n) is 4.57. The normalized spacial score (nSPS) is 19.4. The molecule has 1 fully saturated rings. The minimum atomic E-state index is -0.839. The maximum Gasteiger partial charge on any atom is 0.328 e. The maximum absolute atomic E-state index is 10.6. The Balaban J connectivity index is 1.87. The lowest BCUT2D eigenvalue weighted by Crippen LogP contribution is -2.23. The van der Waals surface area contributed by atoms with Crippen LogP contribution in [0.15, 0.2) is 35.9 Å². The molecule has 0 unspecified atom stereocenters.